The molecule has 0 radical (unpaired) electrons. The number of aromatic nitrogens is 3. The maximum atomic E-state index is 11.9. The number of rotatable bonds is 4. The van der Waals surface area contributed by atoms with Crippen molar-refractivity contribution in [2.24, 2.45) is 0 Å². The van der Waals surface area contributed by atoms with Gasteiger partial charge in [-0.3, -0.25) is 4.79 Å². The van der Waals surface area contributed by atoms with Gasteiger partial charge in [-0.2, -0.15) is 4.98 Å². The Hall–Kier alpha value is -1.76. The fourth-order valence-electron chi connectivity index (χ4n) is 1.36. The summed E-state index contributed by atoms with van der Waals surface area (Å²) >= 11 is 1.49. The van der Waals surface area contributed by atoms with Crippen LogP contribution in [0.15, 0.2) is 16.3 Å². The van der Waals surface area contributed by atoms with Gasteiger partial charge >= 0.3 is 0 Å². The van der Waals surface area contributed by atoms with Crippen molar-refractivity contribution in [3.63, 3.8) is 0 Å². The highest BCUT2D eigenvalue weighted by molar-refractivity contribution is 7.09. The molecule has 2 aromatic heterocycles. The van der Waals surface area contributed by atoms with Gasteiger partial charge in [0.05, 0.1) is 11.0 Å². The lowest BCUT2D eigenvalue weighted by Crippen LogP contribution is -2.27. The van der Waals surface area contributed by atoms with E-state index in [1.54, 1.807) is 12.3 Å². The molecule has 0 saturated heterocycles. The van der Waals surface area contributed by atoms with Gasteiger partial charge in [-0.15, -0.1) is 11.3 Å². The van der Waals surface area contributed by atoms with Crippen LogP contribution < -0.4 is 5.32 Å². The molecule has 2 heterocycles. The number of carbonyl (C=O) groups is 1. The Kier molecular flexibility index (Phi) is 3.71. The summed E-state index contributed by atoms with van der Waals surface area (Å²) in [6, 6.07) is -0.305. The Morgan fingerprint density at radius 3 is 2.78 bits per heavy atom. The van der Waals surface area contributed by atoms with E-state index >= 15 is 0 Å². The van der Waals surface area contributed by atoms with E-state index in [-0.39, 0.29) is 11.9 Å². The lowest BCUT2D eigenvalue weighted by atomic mass is 10.2. The van der Waals surface area contributed by atoms with Crippen LogP contribution in [-0.2, 0) is 0 Å². The summed E-state index contributed by atoms with van der Waals surface area (Å²) in [7, 11) is 0. The maximum Gasteiger partial charge on any atom is 0.271 e. The number of hydrogen-bond donors (Lipinski definition) is 1. The zero-order valence-corrected chi connectivity index (χ0v) is 11.2. The molecule has 0 aromatic carbocycles. The van der Waals surface area contributed by atoms with E-state index < -0.39 is 0 Å². The van der Waals surface area contributed by atoms with Crippen LogP contribution >= 0.6 is 11.3 Å². The second-order valence-electron chi connectivity index (χ2n) is 4.21. The Labute approximate surface area is 108 Å². The third kappa shape index (κ3) is 2.73. The fourth-order valence-corrected chi connectivity index (χ4v) is 2.18. The van der Waals surface area contributed by atoms with Crippen molar-refractivity contribution < 1.29 is 9.32 Å². The third-order valence-electron chi connectivity index (χ3n) is 2.36. The maximum absolute atomic E-state index is 11.9. The van der Waals surface area contributed by atoms with Crippen molar-refractivity contribution >= 4 is 17.2 Å². The quantitative estimate of drug-likeness (QED) is 0.917. The van der Waals surface area contributed by atoms with Gasteiger partial charge in [-0.25, -0.2) is 4.98 Å². The predicted molar refractivity (Wildman–Crippen MR) is 66.4 cm³/mol. The predicted octanol–water partition coefficient (Wildman–Crippen LogP) is 2.14. The molecule has 1 amide bonds. The molecule has 7 heteroatoms. The van der Waals surface area contributed by atoms with Gasteiger partial charge in [0.2, 0.25) is 6.39 Å². The van der Waals surface area contributed by atoms with Gasteiger partial charge in [-0.05, 0) is 6.92 Å². The first kappa shape index (κ1) is 12.7. The van der Waals surface area contributed by atoms with E-state index in [4.69, 9.17) is 0 Å². The lowest BCUT2D eigenvalue weighted by Gasteiger charge is -2.08. The molecular formula is C11H14N4O2S. The average Bonchev–Trinajstić information content (AvgIpc) is 3.00. The minimum atomic E-state index is -0.305. The van der Waals surface area contributed by atoms with E-state index in [0.717, 1.165) is 5.01 Å². The molecule has 18 heavy (non-hydrogen) atoms. The first-order chi connectivity index (χ1) is 8.58. The number of nitrogens with one attached hydrogen (secondary N) is 1. The Morgan fingerprint density at radius 1 is 1.44 bits per heavy atom. The molecule has 0 aliphatic rings. The molecule has 0 aliphatic carbocycles. The van der Waals surface area contributed by atoms with Crippen molar-refractivity contribution in [2.45, 2.75) is 32.7 Å². The highest BCUT2D eigenvalue weighted by Gasteiger charge is 2.17. The minimum Gasteiger partial charge on any atom is -0.343 e. The number of hydrogen-bond acceptors (Lipinski definition) is 6. The van der Waals surface area contributed by atoms with Crippen molar-refractivity contribution in [3.8, 4) is 0 Å². The molecule has 1 N–H and O–H groups in total. The minimum absolute atomic E-state index is 0.226. The topological polar surface area (TPSA) is 80.9 Å². The highest BCUT2D eigenvalue weighted by atomic mass is 32.1. The van der Waals surface area contributed by atoms with Crippen LogP contribution in [0.5, 0.6) is 0 Å². The fraction of sp³-hybridized carbons (Fsp3) is 0.455. The highest BCUT2D eigenvalue weighted by Crippen LogP contribution is 2.19. The van der Waals surface area contributed by atoms with Crippen LogP contribution in [0.1, 0.15) is 54.1 Å². The average molecular weight is 266 g/mol. The van der Waals surface area contributed by atoms with Gasteiger partial charge in [-0.1, -0.05) is 19.0 Å². The molecule has 0 spiro atoms. The monoisotopic (exact) mass is 266 g/mol. The van der Waals surface area contributed by atoms with Crippen LogP contribution in [0.2, 0.25) is 0 Å². The molecule has 2 rings (SSSR count). The van der Waals surface area contributed by atoms with Gasteiger partial charge in [0, 0.05) is 11.3 Å². The van der Waals surface area contributed by atoms with Gasteiger partial charge < -0.3 is 9.84 Å². The van der Waals surface area contributed by atoms with Crippen LogP contribution in [0.3, 0.4) is 0 Å². The van der Waals surface area contributed by atoms with E-state index in [1.807, 2.05) is 13.8 Å². The molecule has 6 nitrogen and oxygen atoms in total. The summed E-state index contributed by atoms with van der Waals surface area (Å²) in [6.45, 7) is 5.88. The molecule has 0 aliphatic heterocycles. The number of carbonyl (C=O) groups excluding carboxylic acids is 1. The van der Waals surface area contributed by atoms with Gasteiger partial charge in [0.25, 0.3) is 5.91 Å². The summed E-state index contributed by atoms with van der Waals surface area (Å²) in [5.74, 6) is 0.546. The number of nitrogens with zero attached hydrogens (tertiary/aromatic N) is 3. The molecule has 2 aromatic rings. The molecule has 0 fully saturated rings. The zero-order valence-electron chi connectivity index (χ0n) is 10.4. The van der Waals surface area contributed by atoms with Crippen molar-refractivity contribution in [2.75, 3.05) is 0 Å². The standard InChI is InChI=1S/C11H14N4O2S/c1-6(2)11-14-8(4-18-11)10(16)13-7(3)9-12-5-17-15-9/h4-7H,1-3H3,(H,13,16). The first-order valence-electron chi connectivity index (χ1n) is 5.60. The second kappa shape index (κ2) is 5.26. The summed E-state index contributed by atoms with van der Waals surface area (Å²) in [6.07, 6.45) is 1.23. The Morgan fingerprint density at radius 2 is 2.22 bits per heavy atom. The molecule has 0 saturated carbocycles. The van der Waals surface area contributed by atoms with E-state index in [9.17, 15) is 4.79 Å². The van der Waals surface area contributed by atoms with Crippen molar-refractivity contribution in [1.29, 1.82) is 0 Å². The Bertz CT molecular complexity index is 521. The molecule has 1 atom stereocenters. The Balaban J connectivity index is 2.03. The molecule has 0 bridgehead atoms. The summed E-state index contributed by atoms with van der Waals surface area (Å²) < 4.78 is 4.63. The van der Waals surface area contributed by atoms with E-state index in [1.165, 1.54) is 17.7 Å². The lowest BCUT2D eigenvalue weighted by molar-refractivity contribution is 0.0933. The van der Waals surface area contributed by atoms with Crippen molar-refractivity contribution in [1.82, 2.24) is 20.4 Å². The SMILES string of the molecule is CC(C)c1nc(C(=O)NC(C)c2ncon2)cs1. The van der Waals surface area contributed by atoms with Gasteiger partial charge in [0.1, 0.15) is 5.69 Å². The largest absolute Gasteiger partial charge is 0.343 e. The first-order valence-corrected chi connectivity index (χ1v) is 6.48. The van der Waals surface area contributed by atoms with Crippen LogP contribution in [0.25, 0.3) is 0 Å². The molecular weight excluding hydrogens is 252 g/mol. The smallest absolute Gasteiger partial charge is 0.271 e. The molecule has 1 unspecified atom stereocenters. The van der Waals surface area contributed by atoms with Crippen molar-refractivity contribution in [3.05, 3.63) is 28.3 Å². The second-order valence-corrected chi connectivity index (χ2v) is 5.10. The summed E-state index contributed by atoms with van der Waals surface area (Å²) in [5.41, 5.74) is 0.430. The van der Waals surface area contributed by atoms with Gasteiger partial charge in [0.15, 0.2) is 5.82 Å². The molecule has 96 valence electrons. The van der Waals surface area contributed by atoms with Crippen LogP contribution in [-0.4, -0.2) is 21.0 Å². The third-order valence-corrected chi connectivity index (χ3v) is 3.51. The number of thiazole rings is 1. The zero-order chi connectivity index (χ0) is 13.1. The number of amides is 1. The summed E-state index contributed by atoms with van der Waals surface area (Å²) in [5, 5.41) is 9.16. The normalized spacial score (nSPS) is 12.7. The van der Waals surface area contributed by atoms with Crippen LogP contribution in [0.4, 0.5) is 0 Å². The van der Waals surface area contributed by atoms with Crippen LogP contribution in [0, 0.1) is 0 Å². The van der Waals surface area contributed by atoms with E-state index in [0.29, 0.717) is 17.4 Å². The summed E-state index contributed by atoms with van der Waals surface area (Å²) in [4.78, 5) is 20.1. The van der Waals surface area contributed by atoms with E-state index in [2.05, 4.69) is 25.0 Å².